The van der Waals surface area contributed by atoms with Crippen LogP contribution in [-0.2, 0) is 14.6 Å². The van der Waals surface area contributed by atoms with Crippen molar-refractivity contribution in [1.29, 1.82) is 0 Å². The zero-order valence-corrected chi connectivity index (χ0v) is 15.6. The first-order valence-electron chi connectivity index (χ1n) is 7.62. The summed E-state index contributed by atoms with van der Waals surface area (Å²) in [5.41, 5.74) is 2.49. The normalized spacial score (nSPS) is 22.9. The second kappa shape index (κ2) is 6.21. The van der Waals surface area contributed by atoms with Crippen LogP contribution in [0.5, 0.6) is 0 Å². The first-order valence-corrected chi connectivity index (χ1v) is 10.0. The minimum Gasteiger partial charge on any atom is -0.361 e. The monoisotopic (exact) mass is 385 g/mol. The lowest BCUT2D eigenvalue weighted by atomic mass is 9.84. The largest absolute Gasteiger partial charge is 0.361 e. The van der Waals surface area contributed by atoms with E-state index >= 15 is 0 Å². The zero-order chi connectivity index (χ0) is 17.6. The molecule has 2 aliphatic heterocycles. The van der Waals surface area contributed by atoms with E-state index in [1.807, 2.05) is 0 Å². The standard InChI is InChI=1S/C17H17Cl2NO3S/c1-9-15(10(2)21)16(11-5-6-12(18)13(19)8-11)17-14(20-9)4-3-7-24(17,22)23/h5-6,8,16,20H,3-4,7H2,1-2H3. The van der Waals surface area contributed by atoms with Crippen molar-refractivity contribution in [2.24, 2.45) is 0 Å². The second-order valence-corrected chi connectivity index (χ2v) is 8.98. The average Bonchev–Trinajstić information content (AvgIpc) is 2.48. The molecule has 0 saturated carbocycles. The number of halogens is 2. The summed E-state index contributed by atoms with van der Waals surface area (Å²) in [5.74, 6) is -0.711. The van der Waals surface area contributed by atoms with E-state index in [1.165, 1.54) is 6.92 Å². The summed E-state index contributed by atoms with van der Waals surface area (Å²) in [6.07, 6.45) is 1.22. The Bertz CT molecular complexity index is 900. The number of benzene rings is 1. The van der Waals surface area contributed by atoms with Crippen LogP contribution in [0.3, 0.4) is 0 Å². The lowest BCUT2D eigenvalue weighted by Crippen LogP contribution is -2.34. The molecule has 0 bridgehead atoms. The number of hydrogen-bond donors (Lipinski definition) is 1. The van der Waals surface area contributed by atoms with Gasteiger partial charge in [-0.25, -0.2) is 8.42 Å². The van der Waals surface area contributed by atoms with Gasteiger partial charge in [0, 0.05) is 17.0 Å². The molecule has 1 N–H and O–H groups in total. The fraction of sp³-hybridized carbons (Fsp3) is 0.353. The molecule has 0 amide bonds. The summed E-state index contributed by atoms with van der Waals surface area (Å²) in [4.78, 5) is 12.6. The molecule has 2 heterocycles. The van der Waals surface area contributed by atoms with Crippen LogP contribution in [0.1, 0.15) is 38.2 Å². The number of hydrogen-bond acceptors (Lipinski definition) is 4. The summed E-state index contributed by atoms with van der Waals surface area (Å²) < 4.78 is 25.5. The third-order valence-corrected chi connectivity index (χ3v) is 7.14. The van der Waals surface area contributed by atoms with Crippen LogP contribution < -0.4 is 5.32 Å². The van der Waals surface area contributed by atoms with E-state index in [-0.39, 0.29) is 11.5 Å². The Hall–Kier alpha value is -1.30. The number of carbonyl (C=O) groups excluding carboxylic acids is 1. The third kappa shape index (κ3) is 2.89. The molecule has 0 aliphatic carbocycles. The first-order chi connectivity index (χ1) is 11.2. The molecule has 128 valence electrons. The van der Waals surface area contributed by atoms with Gasteiger partial charge in [0.2, 0.25) is 0 Å². The van der Waals surface area contributed by atoms with E-state index in [0.29, 0.717) is 50.3 Å². The molecule has 1 atom stereocenters. The van der Waals surface area contributed by atoms with E-state index in [2.05, 4.69) is 5.32 Å². The average molecular weight is 386 g/mol. The number of nitrogens with one attached hydrogen (secondary N) is 1. The van der Waals surface area contributed by atoms with Gasteiger partial charge in [-0.1, -0.05) is 29.3 Å². The molecule has 7 heteroatoms. The lowest BCUT2D eigenvalue weighted by molar-refractivity contribution is -0.113. The number of ketones is 1. The number of rotatable bonds is 2. The number of carbonyl (C=O) groups is 1. The van der Waals surface area contributed by atoms with Crippen molar-refractivity contribution < 1.29 is 13.2 Å². The Balaban J connectivity index is 2.28. The van der Waals surface area contributed by atoms with Crippen molar-refractivity contribution in [2.75, 3.05) is 5.75 Å². The SMILES string of the molecule is CC(=O)C1=C(C)NC2=C(C1c1ccc(Cl)c(Cl)c1)S(=O)(=O)CCC2. The van der Waals surface area contributed by atoms with Crippen LogP contribution >= 0.6 is 23.2 Å². The van der Waals surface area contributed by atoms with E-state index < -0.39 is 15.8 Å². The minimum absolute atomic E-state index is 0.0928. The molecule has 1 unspecified atom stereocenters. The van der Waals surface area contributed by atoms with Crippen LogP contribution in [0.25, 0.3) is 0 Å². The third-order valence-electron chi connectivity index (χ3n) is 4.42. The molecule has 3 rings (SSSR count). The highest BCUT2D eigenvalue weighted by Crippen LogP contribution is 2.45. The Morgan fingerprint density at radius 2 is 1.96 bits per heavy atom. The predicted molar refractivity (Wildman–Crippen MR) is 95.8 cm³/mol. The summed E-state index contributed by atoms with van der Waals surface area (Å²) in [5, 5.41) is 3.86. The fourth-order valence-electron chi connectivity index (χ4n) is 3.46. The molecule has 1 aromatic carbocycles. The number of dihydropyridines is 1. The van der Waals surface area contributed by atoms with E-state index in [0.717, 1.165) is 0 Å². The van der Waals surface area contributed by atoms with Crippen LogP contribution in [0, 0.1) is 0 Å². The Kier molecular flexibility index (Phi) is 4.53. The maximum Gasteiger partial charge on any atom is 0.177 e. The molecule has 0 fully saturated rings. The van der Waals surface area contributed by atoms with Gasteiger partial charge in [-0.05, 0) is 44.4 Å². The predicted octanol–water partition coefficient (Wildman–Crippen LogP) is 3.96. The van der Waals surface area contributed by atoms with Crippen molar-refractivity contribution in [3.63, 3.8) is 0 Å². The highest BCUT2D eigenvalue weighted by Gasteiger charge is 2.40. The molecular weight excluding hydrogens is 369 g/mol. The fourth-order valence-corrected chi connectivity index (χ4v) is 5.65. The lowest BCUT2D eigenvalue weighted by Gasteiger charge is -2.34. The smallest absolute Gasteiger partial charge is 0.177 e. The van der Waals surface area contributed by atoms with Gasteiger partial charge in [0.05, 0.1) is 26.6 Å². The van der Waals surface area contributed by atoms with Crippen molar-refractivity contribution in [3.05, 3.63) is 55.7 Å². The maximum atomic E-state index is 12.7. The summed E-state index contributed by atoms with van der Waals surface area (Å²) in [6.45, 7) is 3.25. The molecule has 0 aromatic heterocycles. The summed E-state index contributed by atoms with van der Waals surface area (Å²) >= 11 is 12.1. The second-order valence-electron chi connectivity index (χ2n) is 6.09. The molecular formula is C17H17Cl2NO3S. The van der Waals surface area contributed by atoms with E-state index in [4.69, 9.17) is 23.2 Å². The van der Waals surface area contributed by atoms with Crippen LogP contribution in [0.2, 0.25) is 10.0 Å². The molecule has 0 spiro atoms. The Morgan fingerprint density at radius 3 is 2.58 bits per heavy atom. The van der Waals surface area contributed by atoms with Gasteiger partial charge in [-0.2, -0.15) is 0 Å². The molecule has 24 heavy (non-hydrogen) atoms. The van der Waals surface area contributed by atoms with Gasteiger partial charge in [-0.3, -0.25) is 4.79 Å². The van der Waals surface area contributed by atoms with Gasteiger partial charge in [0.25, 0.3) is 0 Å². The summed E-state index contributed by atoms with van der Waals surface area (Å²) in [6, 6.07) is 5.00. The van der Waals surface area contributed by atoms with Gasteiger partial charge in [-0.15, -0.1) is 0 Å². The topological polar surface area (TPSA) is 63.2 Å². The zero-order valence-electron chi connectivity index (χ0n) is 13.3. The molecule has 1 aromatic rings. The number of allylic oxidation sites excluding steroid dienone is 4. The van der Waals surface area contributed by atoms with Gasteiger partial charge < -0.3 is 5.32 Å². The van der Waals surface area contributed by atoms with Crippen LogP contribution in [0.15, 0.2) is 40.1 Å². The van der Waals surface area contributed by atoms with Crippen molar-refractivity contribution in [2.45, 2.75) is 32.6 Å². The molecule has 2 aliphatic rings. The minimum atomic E-state index is -3.44. The van der Waals surface area contributed by atoms with Crippen LogP contribution in [0.4, 0.5) is 0 Å². The van der Waals surface area contributed by atoms with Gasteiger partial charge in [0.15, 0.2) is 15.6 Å². The first kappa shape index (κ1) is 17.5. The summed E-state index contributed by atoms with van der Waals surface area (Å²) in [7, 11) is -3.44. The van der Waals surface area contributed by atoms with Gasteiger partial charge >= 0.3 is 0 Å². The Morgan fingerprint density at radius 1 is 1.25 bits per heavy atom. The number of Topliss-reactive ketones (excluding diaryl/α,β-unsaturated/α-hetero) is 1. The molecule has 0 radical (unpaired) electrons. The van der Waals surface area contributed by atoms with Crippen molar-refractivity contribution in [1.82, 2.24) is 5.32 Å². The van der Waals surface area contributed by atoms with Crippen molar-refractivity contribution in [3.8, 4) is 0 Å². The highest BCUT2D eigenvalue weighted by atomic mass is 35.5. The van der Waals surface area contributed by atoms with E-state index in [1.54, 1.807) is 25.1 Å². The molecule has 4 nitrogen and oxygen atoms in total. The van der Waals surface area contributed by atoms with E-state index in [9.17, 15) is 13.2 Å². The quantitative estimate of drug-likeness (QED) is 0.836. The van der Waals surface area contributed by atoms with Gasteiger partial charge in [0.1, 0.15) is 0 Å². The Labute approximate surface area is 151 Å². The van der Waals surface area contributed by atoms with Crippen LogP contribution in [-0.4, -0.2) is 20.0 Å². The van der Waals surface area contributed by atoms with Crippen molar-refractivity contribution >= 4 is 38.8 Å². The number of sulfone groups is 1. The molecule has 0 saturated heterocycles. The maximum absolute atomic E-state index is 12.7. The highest BCUT2D eigenvalue weighted by molar-refractivity contribution is 7.95.